The SMILES string of the molecule is CCOC(=O)N(C1CCN(C(=O)OC(C)(C)C)CC1)[C@@H](Cc1ccccc1)C(=O)O. The van der Waals surface area contributed by atoms with Crippen LogP contribution in [0.2, 0.25) is 0 Å². The number of piperidine rings is 1. The molecule has 0 unspecified atom stereocenters. The van der Waals surface area contributed by atoms with E-state index < -0.39 is 29.8 Å². The monoisotopic (exact) mass is 420 g/mol. The highest BCUT2D eigenvalue weighted by molar-refractivity contribution is 5.80. The highest BCUT2D eigenvalue weighted by Gasteiger charge is 2.39. The number of amides is 2. The summed E-state index contributed by atoms with van der Waals surface area (Å²) in [7, 11) is 0. The molecular weight excluding hydrogens is 388 g/mol. The first kappa shape index (κ1) is 23.5. The van der Waals surface area contributed by atoms with Gasteiger partial charge in [-0.3, -0.25) is 4.90 Å². The van der Waals surface area contributed by atoms with Crippen molar-refractivity contribution in [2.24, 2.45) is 0 Å². The van der Waals surface area contributed by atoms with Gasteiger partial charge in [0, 0.05) is 25.6 Å². The van der Waals surface area contributed by atoms with Gasteiger partial charge in [0.25, 0.3) is 0 Å². The smallest absolute Gasteiger partial charge is 0.410 e. The summed E-state index contributed by atoms with van der Waals surface area (Å²) in [5.41, 5.74) is 0.236. The predicted octanol–water partition coefficient (Wildman–Crippen LogP) is 3.54. The number of rotatable bonds is 6. The quantitative estimate of drug-likeness (QED) is 0.756. The molecule has 1 heterocycles. The summed E-state index contributed by atoms with van der Waals surface area (Å²) < 4.78 is 10.6. The summed E-state index contributed by atoms with van der Waals surface area (Å²) in [6.45, 7) is 8.03. The Morgan fingerprint density at radius 1 is 1.17 bits per heavy atom. The van der Waals surface area contributed by atoms with Gasteiger partial charge >= 0.3 is 18.2 Å². The fourth-order valence-corrected chi connectivity index (χ4v) is 3.52. The maximum Gasteiger partial charge on any atom is 0.410 e. The average molecular weight is 421 g/mol. The molecule has 1 fully saturated rings. The molecule has 0 spiro atoms. The van der Waals surface area contributed by atoms with Crippen LogP contribution in [0.1, 0.15) is 46.1 Å². The number of hydrogen-bond acceptors (Lipinski definition) is 5. The van der Waals surface area contributed by atoms with E-state index in [1.165, 1.54) is 4.90 Å². The molecule has 1 saturated heterocycles. The summed E-state index contributed by atoms with van der Waals surface area (Å²) in [6.07, 6.45) is 0.0494. The number of carboxylic acids is 1. The number of ether oxygens (including phenoxy) is 2. The molecule has 1 aromatic carbocycles. The lowest BCUT2D eigenvalue weighted by atomic mass is 9.98. The minimum atomic E-state index is -1.08. The van der Waals surface area contributed by atoms with Crippen LogP contribution in [-0.4, -0.2) is 70.4 Å². The van der Waals surface area contributed by atoms with Crippen molar-refractivity contribution in [2.45, 2.75) is 64.6 Å². The van der Waals surface area contributed by atoms with Gasteiger partial charge in [-0.1, -0.05) is 30.3 Å². The molecule has 1 aromatic rings. The van der Waals surface area contributed by atoms with Crippen LogP contribution < -0.4 is 0 Å². The van der Waals surface area contributed by atoms with Crippen LogP contribution in [0.15, 0.2) is 30.3 Å². The van der Waals surface area contributed by atoms with E-state index in [0.29, 0.717) is 25.9 Å². The zero-order chi connectivity index (χ0) is 22.3. The third-order valence-electron chi connectivity index (χ3n) is 4.88. The Labute approximate surface area is 177 Å². The molecule has 0 saturated carbocycles. The molecule has 0 radical (unpaired) electrons. The molecule has 30 heavy (non-hydrogen) atoms. The van der Waals surface area contributed by atoms with Crippen LogP contribution >= 0.6 is 0 Å². The zero-order valence-corrected chi connectivity index (χ0v) is 18.2. The molecule has 8 nitrogen and oxygen atoms in total. The van der Waals surface area contributed by atoms with Crippen LogP contribution in [0.5, 0.6) is 0 Å². The standard InChI is InChI=1S/C22H32N2O6/c1-5-29-21(28)24(18(19(25)26)15-16-9-7-6-8-10-16)17-11-13-23(14-12-17)20(27)30-22(2,3)4/h6-10,17-18H,5,11-15H2,1-4H3,(H,25,26)/t18-/m0/s1. The Hall–Kier alpha value is -2.77. The van der Waals surface area contributed by atoms with Crippen LogP contribution in [0, 0.1) is 0 Å². The topological polar surface area (TPSA) is 96.4 Å². The molecule has 0 aromatic heterocycles. The minimum Gasteiger partial charge on any atom is -0.480 e. The first-order chi connectivity index (χ1) is 14.1. The van der Waals surface area contributed by atoms with Crippen molar-refractivity contribution >= 4 is 18.2 Å². The molecule has 1 N–H and O–H groups in total. The zero-order valence-electron chi connectivity index (χ0n) is 18.2. The lowest BCUT2D eigenvalue weighted by molar-refractivity contribution is -0.144. The molecule has 1 atom stereocenters. The van der Waals surface area contributed by atoms with Crippen molar-refractivity contribution in [3.05, 3.63) is 35.9 Å². The van der Waals surface area contributed by atoms with Crippen LogP contribution in [0.4, 0.5) is 9.59 Å². The summed E-state index contributed by atoms with van der Waals surface area (Å²) in [6, 6.07) is 7.81. The summed E-state index contributed by atoms with van der Waals surface area (Å²) in [5, 5.41) is 9.89. The highest BCUT2D eigenvalue weighted by atomic mass is 16.6. The predicted molar refractivity (Wildman–Crippen MR) is 111 cm³/mol. The van der Waals surface area contributed by atoms with Gasteiger partial charge in [0.05, 0.1) is 6.61 Å². The normalized spacial score (nSPS) is 15.9. The third-order valence-corrected chi connectivity index (χ3v) is 4.88. The van der Waals surface area contributed by atoms with E-state index in [0.717, 1.165) is 5.56 Å². The van der Waals surface area contributed by atoms with Crippen LogP contribution in [0.3, 0.4) is 0 Å². The fraction of sp³-hybridized carbons (Fsp3) is 0.591. The van der Waals surface area contributed by atoms with E-state index in [1.807, 2.05) is 30.3 Å². The molecule has 1 aliphatic rings. The van der Waals surface area contributed by atoms with E-state index in [2.05, 4.69) is 0 Å². The Morgan fingerprint density at radius 3 is 2.27 bits per heavy atom. The molecule has 0 bridgehead atoms. The summed E-state index contributed by atoms with van der Waals surface area (Å²) in [4.78, 5) is 40.1. The van der Waals surface area contributed by atoms with Gasteiger partial charge < -0.3 is 19.5 Å². The van der Waals surface area contributed by atoms with Gasteiger partial charge in [-0.25, -0.2) is 14.4 Å². The van der Waals surface area contributed by atoms with Crippen molar-refractivity contribution in [2.75, 3.05) is 19.7 Å². The van der Waals surface area contributed by atoms with Gasteiger partial charge in [0.15, 0.2) is 0 Å². The van der Waals surface area contributed by atoms with E-state index in [4.69, 9.17) is 9.47 Å². The van der Waals surface area contributed by atoms with Gasteiger partial charge in [0.1, 0.15) is 11.6 Å². The Balaban J connectivity index is 2.15. The number of benzene rings is 1. The van der Waals surface area contributed by atoms with Crippen molar-refractivity contribution in [1.29, 1.82) is 0 Å². The van der Waals surface area contributed by atoms with Gasteiger partial charge in [-0.2, -0.15) is 0 Å². The maximum atomic E-state index is 12.7. The number of likely N-dealkylation sites (tertiary alicyclic amines) is 1. The van der Waals surface area contributed by atoms with E-state index in [-0.39, 0.29) is 19.1 Å². The number of carbonyl (C=O) groups is 3. The minimum absolute atomic E-state index is 0.157. The lowest BCUT2D eigenvalue weighted by Crippen LogP contribution is -2.56. The van der Waals surface area contributed by atoms with Crippen molar-refractivity contribution in [3.63, 3.8) is 0 Å². The van der Waals surface area contributed by atoms with E-state index >= 15 is 0 Å². The van der Waals surface area contributed by atoms with E-state index in [9.17, 15) is 19.5 Å². The second-order valence-corrected chi connectivity index (χ2v) is 8.35. The second-order valence-electron chi connectivity index (χ2n) is 8.35. The largest absolute Gasteiger partial charge is 0.480 e. The van der Waals surface area contributed by atoms with Crippen LogP contribution in [-0.2, 0) is 20.7 Å². The summed E-state index contributed by atoms with van der Waals surface area (Å²) >= 11 is 0. The number of carbonyl (C=O) groups excluding carboxylic acids is 2. The molecule has 0 aliphatic carbocycles. The Bertz CT molecular complexity index is 723. The molecule has 2 rings (SSSR count). The first-order valence-electron chi connectivity index (χ1n) is 10.3. The van der Waals surface area contributed by atoms with Gasteiger partial charge in [-0.15, -0.1) is 0 Å². The van der Waals surface area contributed by atoms with Gasteiger partial charge in [-0.05, 0) is 46.1 Å². The van der Waals surface area contributed by atoms with Crippen molar-refractivity contribution in [3.8, 4) is 0 Å². The summed E-state index contributed by atoms with van der Waals surface area (Å²) in [5.74, 6) is -1.08. The van der Waals surface area contributed by atoms with Crippen molar-refractivity contribution < 1.29 is 29.0 Å². The number of nitrogens with zero attached hydrogens (tertiary/aromatic N) is 2. The Kier molecular flexibility index (Phi) is 8.08. The third kappa shape index (κ3) is 6.64. The molecule has 8 heteroatoms. The molecular formula is C22H32N2O6. The van der Waals surface area contributed by atoms with Gasteiger partial charge in [0.2, 0.25) is 0 Å². The molecule has 1 aliphatic heterocycles. The fourth-order valence-electron chi connectivity index (χ4n) is 3.52. The number of hydrogen-bond donors (Lipinski definition) is 1. The first-order valence-corrected chi connectivity index (χ1v) is 10.3. The average Bonchev–Trinajstić information content (AvgIpc) is 2.67. The Morgan fingerprint density at radius 2 is 1.77 bits per heavy atom. The highest BCUT2D eigenvalue weighted by Crippen LogP contribution is 2.24. The van der Waals surface area contributed by atoms with Crippen molar-refractivity contribution in [1.82, 2.24) is 9.80 Å². The number of carboxylic acid groups (broad SMARTS) is 1. The lowest BCUT2D eigenvalue weighted by Gasteiger charge is -2.40. The molecule has 2 amide bonds. The maximum absolute atomic E-state index is 12.7. The van der Waals surface area contributed by atoms with Crippen LogP contribution in [0.25, 0.3) is 0 Å². The van der Waals surface area contributed by atoms with E-state index in [1.54, 1.807) is 32.6 Å². The molecule has 166 valence electrons. The second kappa shape index (κ2) is 10.3. The number of aliphatic carboxylic acids is 1.